The zero-order chi connectivity index (χ0) is 22.4. The molecule has 30 heavy (non-hydrogen) atoms. The number of aromatic hydroxyl groups is 1. The third kappa shape index (κ3) is 4.74. The number of nitrogens with zero attached hydrogens (tertiary/aromatic N) is 5. The van der Waals surface area contributed by atoms with Gasteiger partial charge in [-0.05, 0) is 27.2 Å². The summed E-state index contributed by atoms with van der Waals surface area (Å²) < 4.78 is 6.47. The minimum atomic E-state index is -0.644. The van der Waals surface area contributed by atoms with Crippen molar-refractivity contribution in [2.75, 3.05) is 6.61 Å². The number of thiophene rings is 1. The molecule has 0 spiro atoms. The quantitative estimate of drug-likeness (QED) is 0.362. The fraction of sp³-hybridized carbons (Fsp3) is 0.368. The fourth-order valence-electron chi connectivity index (χ4n) is 2.56. The number of rotatable bonds is 8. The molecule has 0 aliphatic rings. The van der Waals surface area contributed by atoms with Gasteiger partial charge in [0.25, 0.3) is 5.56 Å². The molecule has 0 aliphatic carbocycles. The number of nitriles is 2. The minimum absolute atomic E-state index is 0.0237. The maximum atomic E-state index is 12.9. The maximum absolute atomic E-state index is 12.9. The molecule has 0 atom stereocenters. The summed E-state index contributed by atoms with van der Waals surface area (Å²) in [4.78, 5) is 24.0. The highest BCUT2D eigenvalue weighted by molar-refractivity contribution is 7.18. The van der Waals surface area contributed by atoms with Gasteiger partial charge in [-0.15, -0.1) is 21.6 Å². The number of aldehydes is 1. The van der Waals surface area contributed by atoms with E-state index in [0.29, 0.717) is 19.3 Å². The molecule has 9 nitrogen and oxygen atoms in total. The van der Waals surface area contributed by atoms with E-state index in [1.165, 1.54) is 6.92 Å². The normalized spacial score (nSPS) is 11.0. The molecular formula is C19H18ClN5O4S. The standard InChI is InChI=1S/C19H18ClN5O4S/c1-10(2)29-6-4-5-25-18(27)12(7-21)11(3)16(19(25)28)23-24-17-13(8-22)15(20)14(9-26)30-17/h9-10,27H,4-6H2,1-3H3. The first-order valence-electron chi connectivity index (χ1n) is 8.84. The molecule has 2 aromatic rings. The van der Waals surface area contributed by atoms with Gasteiger partial charge in [0.05, 0.1) is 16.0 Å². The van der Waals surface area contributed by atoms with E-state index < -0.39 is 11.4 Å². The van der Waals surface area contributed by atoms with Crippen molar-refractivity contribution in [2.45, 2.75) is 39.8 Å². The van der Waals surface area contributed by atoms with Crippen LogP contribution in [0.1, 0.15) is 46.6 Å². The van der Waals surface area contributed by atoms with Crippen molar-refractivity contribution in [1.82, 2.24) is 4.57 Å². The van der Waals surface area contributed by atoms with E-state index in [-0.39, 0.29) is 49.9 Å². The summed E-state index contributed by atoms with van der Waals surface area (Å²) in [5.74, 6) is -0.455. The Balaban J connectivity index is 2.51. The Morgan fingerprint density at radius 3 is 2.53 bits per heavy atom. The Bertz CT molecular complexity index is 1140. The number of halogens is 1. The Hall–Kier alpha value is -3.05. The molecular weight excluding hydrogens is 430 g/mol. The van der Waals surface area contributed by atoms with E-state index in [0.717, 1.165) is 15.9 Å². The number of hydrogen-bond donors (Lipinski definition) is 1. The summed E-state index contributed by atoms with van der Waals surface area (Å²) >= 11 is 6.82. The highest BCUT2D eigenvalue weighted by atomic mass is 35.5. The van der Waals surface area contributed by atoms with Crippen LogP contribution < -0.4 is 5.56 Å². The van der Waals surface area contributed by atoms with Crippen LogP contribution in [0.4, 0.5) is 10.7 Å². The van der Waals surface area contributed by atoms with Crippen molar-refractivity contribution < 1.29 is 14.6 Å². The van der Waals surface area contributed by atoms with Crippen molar-refractivity contribution in [1.29, 1.82) is 10.5 Å². The second kappa shape index (κ2) is 10.1. The Morgan fingerprint density at radius 1 is 1.30 bits per heavy atom. The van der Waals surface area contributed by atoms with Gasteiger partial charge in [0.2, 0.25) is 5.88 Å². The van der Waals surface area contributed by atoms with Gasteiger partial charge in [-0.25, -0.2) is 0 Å². The molecule has 2 heterocycles. The number of pyridine rings is 1. The second-order valence-corrected chi connectivity index (χ2v) is 7.81. The minimum Gasteiger partial charge on any atom is -0.493 e. The van der Waals surface area contributed by atoms with Gasteiger partial charge in [-0.3, -0.25) is 14.2 Å². The van der Waals surface area contributed by atoms with Gasteiger partial charge in [0.1, 0.15) is 23.3 Å². The maximum Gasteiger partial charge on any atom is 0.281 e. The van der Waals surface area contributed by atoms with Crippen molar-refractivity contribution in [3.63, 3.8) is 0 Å². The lowest BCUT2D eigenvalue weighted by atomic mass is 10.1. The van der Waals surface area contributed by atoms with Crippen LogP contribution in [-0.4, -0.2) is 28.7 Å². The predicted molar refractivity (Wildman–Crippen MR) is 111 cm³/mol. The van der Waals surface area contributed by atoms with Gasteiger partial charge in [-0.1, -0.05) is 11.6 Å². The monoisotopic (exact) mass is 447 g/mol. The van der Waals surface area contributed by atoms with Gasteiger partial charge >= 0.3 is 0 Å². The molecule has 11 heteroatoms. The van der Waals surface area contributed by atoms with Crippen molar-refractivity contribution in [2.24, 2.45) is 10.2 Å². The number of aromatic nitrogens is 1. The number of carbonyl (C=O) groups is 1. The first-order chi connectivity index (χ1) is 14.3. The third-order valence-corrected chi connectivity index (χ3v) is 5.57. The molecule has 1 N–H and O–H groups in total. The predicted octanol–water partition coefficient (Wildman–Crippen LogP) is 4.36. The van der Waals surface area contributed by atoms with Crippen molar-refractivity contribution in [3.8, 4) is 18.0 Å². The molecule has 0 unspecified atom stereocenters. The van der Waals surface area contributed by atoms with Crippen LogP contribution in [0.2, 0.25) is 5.02 Å². The van der Waals surface area contributed by atoms with E-state index in [2.05, 4.69) is 10.2 Å². The van der Waals surface area contributed by atoms with Gasteiger partial charge in [-0.2, -0.15) is 10.5 Å². The smallest absolute Gasteiger partial charge is 0.281 e. The summed E-state index contributed by atoms with van der Waals surface area (Å²) in [5.41, 5.74) is -0.790. The van der Waals surface area contributed by atoms with Crippen molar-refractivity contribution >= 4 is 39.9 Å². The SMILES string of the molecule is Cc1c(C#N)c(O)n(CCCOC(C)C)c(=O)c1N=Nc1sc(C=O)c(Cl)c1C#N. The average Bonchev–Trinajstić information content (AvgIpc) is 3.01. The Morgan fingerprint density at radius 2 is 1.97 bits per heavy atom. The zero-order valence-corrected chi connectivity index (χ0v) is 18.0. The lowest BCUT2D eigenvalue weighted by molar-refractivity contribution is 0.0744. The van der Waals surface area contributed by atoms with Crippen LogP contribution in [-0.2, 0) is 11.3 Å². The molecule has 0 aromatic carbocycles. The first-order valence-corrected chi connectivity index (χ1v) is 10.0. The molecule has 0 fully saturated rings. The van der Waals surface area contributed by atoms with E-state index >= 15 is 0 Å². The van der Waals surface area contributed by atoms with E-state index in [1.807, 2.05) is 26.0 Å². The Kier molecular flexibility index (Phi) is 7.84. The highest BCUT2D eigenvalue weighted by Crippen LogP contribution is 2.38. The summed E-state index contributed by atoms with van der Waals surface area (Å²) in [6.07, 6.45) is 0.951. The summed E-state index contributed by atoms with van der Waals surface area (Å²) in [5, 5.41) is 36.9. The molecule has 0 radical (unpaired) electrons. The van der Waals surface area contributed by atoms with Crippen molar-refractivity contribution in [3.05, 3.63) is 36.9 Å². The molecule has 2 aromatic heterocycles. The zero-order valence-electron chi connectivity index (χ0n) is 16.5. The molecule has 0 aliphatic heterocycles. The number of hydrogen-bond acceptors (Lipinski definition) is 9. The van der Waals surface area contributed by atoms with E-state index in [9.17, 15) is 25.2 Å². The van der Waals surface area contributed by atoms with Crippen LogP contribution >= 0.6 is 22.9 Å². The van der Waals surface area contributed by atoms with Crippen LogP contribution in [0.15, 0.2) is 15.0 Å². The van der Waals surface area contributed by atoms with Crippen LogP contribution in [0.3, 0.4) is 0 Å². The highest BCUT2D eigenvalue weighted by Gasteiger charge is 2.20. The lowest BCUT2D eigenvalue weighted by Crippen LogP contribution is -2.23. The second-order valence-electron chi connectivity index (χ2n) is 6.40. The first kappa shape index (κ1) is 23.2. The van der Waals surface area contributed by atoms with Gasteiger partial charge < -0.3 is 9.84 Å². The van der Waals surface area contributed by atoms with Gasteiger partial charge in [0, 0.05) is 18.7 Å². The largest absolute Gasteiger partial charge is 0.493 e. The molecule has 0 amide bonds. The molecule has 0 saturated heterocycles. The van der Waals surface area contributed by atoms with Crippen LogP contribution in [0.25, 0.3) is 0 Å². The molecule has 2 rings (SSSR count). The topological polar surface area (TPSA) is 141 Å². The van der Waals surface area contributed by atoms with Crippen LogP contribution in [0, 0.1) is 29.6 Å². The third-order valence-electron chi connectivity index (χ3n) is 4.06. The van der Waals surface area contributed by atoms with E-state index in [1.54, 1.807) is 0 Å². The van der Waals surface area contributed by atoms with Crippen LogP contribution in [0.5, 0.6) is 5.88 Å². The lowest BCUT2D eigenvalue weighted by Gasteiger charge is -2.13. The number of azo groups is 1. The summed E-state index contributed by atoms with van der Waals surface area (Å²) in [6.45, 7) is 5.69. The number of carbonyl (C=O) groups excluding carboxylic acids is 1. The molecule has 156 valence electrons. The summed E-state index contributed by atoms with van der Waals surface area (Å²) in [7, 11) is 0. The molecule has 0 saturated carbocycles. The van der Waals surface area contributed by atoms with E-state index in [4.69, 9.17) is 16.3 Å². The fourth-order valence-corrected chi connectivity index (χ4v) is 3.69. The average molecular weight is 448 g/mol. The number of ether oxygens (including phenoxy) is 1. The van der Waals surface area contributed by atoms with Gasteiger partial charge in [0.15, 0.2) is 17.0 Å². The summed E-state index contributed by atoms with van der Waals surface area (Å²) in [6, 6.07) is 3.71. The Labute approximate surface area is 181 Å². The molecule has 0 bridgehead atoms.